The molecule has 0 fully saturated rings. The molecule has 0 aliphatic carbocycles. The van der Waals surface area contributed by atoms with E-state index in [9.17, 15) is 13.6 Å². The zero-order valence-corrected chi connectivity index (χ0v) is 17.7. The number of halogens is 2. The standard InChI is InChI=1S/C22H20F2N4O2S/c1-13(2)7-8-25-28-19(14-3-6-20-18(9-14)26-21(29)11-30-20)12-31-22(28)27-17-5-4-15(23)10-16(17)24/h3-6,8-10,12-13H,7,11H2,1-2H3,(H,26,29). The van der Waals surface area contributed by atoms with Crippen LogP contribution in [0.3, 0.4) is 0 Å². The SMILES string of the molecule is CC(C)CC=Nn1c(-c2ccc3c(c2)NC(=O)CO3)csc1=Nc1ccc(F)cc1F. The number of rotatable bonds is 5. The van der Waals surface area contributed by atoms with Crippen LogP contribution in [0.25, 0.3) is 11.3 Å². The Balaban J connectivity index is 1.81. The third-order valence-corrected chi connectivity index (χ3v) is 5.31. The first-order chi connectivity index (χ1) is 14.9. The summed E-state index contributed by atoms with van der Waals surface area (Å²) in [6, 6.07) is 8.68. The number of carbonyl (C=O) groups excluding carboxylic acids is 1. The summed E-state index contributed by atoms with van der Waals surface area (Å²) in [5.74, 6) is -0.629. The summed E-state index contributed by atoms with van der Waals surface area (Å²) in [5.41, 5.74) is 2.09. The molecule has 0 saturated heterocycles. The molecule has 160 valence electrons. The normalized spacial score (nSPS) is 14.1. The summed E-state index contributed by atoms with van der Waals surface area (Å²) >= 11 is 1.28. The molecule has 4 rings (SSSR count). The maximum atomic E-state index is 14.1. The van der Waals surface area contributed by atoms with E-state index in [2.05, 4.69) is 29.3 Å². The van der Waals surface area contributed by atoms with E-state index in [0.29, 0.717) is 27.9 Å². The van der Waals surface area contributed by atoms with Crippen LogP contribution in [0.2, 0.25) is 0 Å². The van der Waals surface area contributed by atoms with Gasteiger partial charge in [0.25, 0.3) is 5.91 Å². The predicted octanol–water partition coefficient (Wildman–Crippen LogP) is 4.94. The van der Waals surface area contributed by atoms with Crippen molar-refractivity contribution in [2.75, 3.05) is 11.9 Å². The first-order valence-corrected chi connectivity index (χ1v) is 10.6. The van der Waals surface area contributed by atoms with E-state index in [1.165, 1.54) is 17.4 Å². The Labute approximate surface area is 181 Å². The number of carbonyl (C=O) groups is 1. The Bertz CT molecular complexity index is 1230. The highest BCUT2D eigenvalue weighted by Crippen LogP contribution is 2.33. The van der Waals surface area contributed by atoms with Crippen molar-refractivity contribution in [3.8, 4) is 17.0 Å². The quantitative estimate of drug-likeness (QED) is 0.569. The van der Waals surface area contributed by atoms with Gasteiger partial charge in [0.15, 0.2) is 12.4 Å². The minimum absolute atomic E-state index is 0.0173. The zero-order valence-electron chi connectivity index (χ0n) is 16.9. The topological polar surface area (TPSA) is 68.0 Å². The zero-order chi connectivity index (χ0) is 22.0. The molecule has 0 spiro atoms. The molecular formula is C22H20F2N4O2S. The maximum Gasteiger partial charge on any atom is 0.262 e. The Hall–Kier alpha value is -3.33. The van der Waals surface area contributed by atoms with Gasteiger partial charge in [0.2, 0.25) is 4.80 Å². The predicted molar refractivity (Wildman–Crippen MR) is 117 cm³/mol. The third-order valence-electron chi connectivity index (χ3n) is 4.49. The highest BCUT2D eigenvalue weighted by molar-refractivity contribution is 7.07. The van der Waals surface area contributed by atoms with Crippen molar-refractivity contribution < 1.29 is 18.3 Å². The molecule has 1 aliphatic rings. The summed E-state index contributed by atoms with van der Waals surface area (Å²) < 4.78 is 34.4. The number of amides is 1. The van der Waals surface area contributed by atoms with Crippen molar-refractivity contribution in [3.05, 3.63) is 58.2 Å². The van der Waals surface area contributed by atoms with Gasteiger partial charge in [0.1, 0.15) is 17.3 Å². The number of ether oxygens (including phenoxy) is 1. The van der Waals surface area contributed by atoms with Gasteiger partial charge in [-0.3, -0.25) is 4.79 Å². The smallest absolute Gasteiger partial charge is 0.262 e. The molecule has 1 N–H and O–H groups in total. The monoisotopic (exact) mass is 442 g/mol. The molecule has 3 aromatic rings. The second-order valence-electron chi connectivity index (χ2n) is 7.40. The van der Waals surface area contributed by atoms with E-state index in [0.717, 1.165) is 24.1 Å². The molecule has 0 radical (unpaired) electrons. The van der Waals surface area contributed by atoms with E-state index in [-0.39, 0.29) is 18.2 Å². The molecule has 6 nitrogen and oxygen atoms in total. The number of hydrogen-bond donors (Lipinski definition) is 1. The minimum atomic E-state index is -0.749. The van der Waals surface area contributed by atoms with Gasteiger partial charge in [-0.15, -0.1) is 11.3 Å². The summed E-state index contributed by atoms with van der Waals surface area (Å²) in [6.07, 6.45) is 2.53. The fourth-order valence-electron chi connectivity index (χ4n) is 2.94. The van der Waals surface area contributed by atoms with Crippen molar-refractivity contribution in [1.82, 2.24) is 4.68 Å². The molecule has 1 amide bonds. The minimum Gasteiger partial charge on any atom is -0.482 e. The first kappa shape index (κ1) is 20.9. The Morgan fingerprint density at radius 1 is 1.26 bits per heavy atom. The fourth-order valence-corrected chi connectivity index (χ4v) is 3.79. The van der Waals surface area contributed by atoms with Crippen LogP contribution < -0.4 is 14.9 Å². The largest absolute Gasteiger partial charge is 0.482 e. The van der Waals surface area contributed by atoms with Gasteiger partial charge in [0, 0.05) is 23.2 Å². The summed E-state index contributed by atoms with van der Waals surface area (Å²) in [4.78, 5) is 16.5. The van der Waals surface area contributed by atoms with Crippen LogP contribution in [0, 0.1) is 17.6 Å². The van der Waals surface area contributed by atoms with Gasteiger partial charge in [-0.25, -0.2) is 18.4 Å². The van der Waals surface area contributed by atoms with E-state index in [1.807, 2.05) is 11.4 Å². The summed E-state index contributed by atoms with van der Waals surface area (Å²) in [5, 5.41) is 9.18. The van der Waals surface area contributed by atoms with E-state index >= 15 is 0 Å². The number of benzene rings is 2. The first-order valence-electron chi connectivity index (χ1n) is 9.71. The number of fused-ring (bicyclic) bond motifs is 1. The number of thiazole rings is 1. The highest BCUT2D eigenvalue weighted by Gasteiger charge is 2.18. The van der Waals surface area contributed by atoms with Gasteiger partial charge in [-0.2, -0.15) is 5.10 Å². The Morgan fingerprint density at radius 2 is 2.10 bits per heavy atom. The van der Waals surface area contributed by atoms with Crippen LogP contribution in [0.4, 0.5) is 20.2 Å². The van der Waals surface area contributed by atoms with Crippen LogP contribution in [-0.2, 0) is 4.79 Å². The second kappa shape index (κ2) is 8.81. The van der Waals surface area contributed by atoms with Crippen molar-refractivity contribution in [2.45, 2.75) is 20.3 Å². The molecule has 2 heterocycles. The van der Waals surface area contributed by atoms with Crippen LogP contribution >= 0.6 is 11.3 Å². The number of anilines is 1. The fraction of sp³-hybridized carbons (Fsp3) is 0.227. The van der Waals surface area contributed by atoms with Crippen molar-refractivity contribution in [1.29, 1.82) is 0 Å². The van der Waals surface area contributed by atoms with Crippen LogP contribution in [0.1, 0.15) is 20.3 Å². The lowest BCUT2D eigenvalue weighted by molar-refractivity contribution is -0.118. The molecule has 31 heavy (non-hydrogen) atoms. The van der Waals surface area contributed by atoms with Gasteiger partial charge in [-0.05, 0) is 42.7 Å². The molecule has 9 heteroatoms. The van der Waals surface area contributed by atoms with E-state index < -0.39 is 11.6 Å². The van der Waals surface area contributed by atoms with Gasteiger partial charge in [-0.1, -0.05) is 13.8 Å². The van der Waals surface area contributed by atoms with Gasteiger partial charge >= 0.3 is 0 Å². The molecular weight excluding hydrogens is 422 g/mol. The Morgan fingerprint density at radius 3 is 2.87 bits per heavy atom. The number of aromatic nitrogens is 1. The summed E-state index contributed by atoms with van der Waals surface area (Å²) in [6.45, 7) is 4.14. The van der Waals surface area contributed by atoms with Crippen molar-refractivity contribution >= 4 is 34.8 Å². The molecule has 2 aromatic carbocycles. The van der Waals surface area contributed by atoms with E-state index in [4.69, 9.17) is 4.74 Å². The molecule has 1 aliphatic heterocycles. The van der Waals surface area contributed by atoms with E-state index in [1.54, 1.807) is 23.0 Å². The average Bonchev–Trinajstić information content (AvgIpc) is 3.11. The lowest BCUT2D eigenvalue weighted by Crippen LogP contribution is -2.25. The highest BCUT2D eigenvalue weighted by atomic mass is 32.1. The lowest BCUT2D eigenvalue weighted by atomic mass is 10.1. The molecule has 0 saturated carbocycles. The number of nitrogens with zero attached hydrogens (tertiary/aromatic N) is 3. The number of hydrogen-bond acceptors (Lipinski definition) is 5. The van der Waals surface area contributed by atoms with Gasteiger partial charge in [0.05, 0.1) is 11.4 Å². The Kier molecular flexibility index (Phi) is 5.94. The lowest BCUT2D eigenvalue weighted by Gasteiger charge is -2.18. The molecule has 0 unspecified atom stereocenters. The number of nitrogens with one attached hydrogen (secondary N) is 1. The molecule has 0 bridgehead atoms. The summed E-state index contributed by atoms with van der Waals surface area (Å²) in [7, 11) is 0. The van der Waals surface area contributed by atoms with Crippen molar-refractivity contribution in [3.63, 3.8) is 0 Å². The average molecular weight is 442 g/mol. The van der Waals surface area contributed by atoms with Crippen molar-refractivity contribution in [2.24, 2.45) is 16.0 Å². The maximum absolute atomic E-state index is 14.1. The van der Waals surface area contributed by atoms with Crippen LogP contribution in [0.15, 0.2) is 51.9 Å². The van der Waals surface area contributed by atoms with Crippen LogP contribution in [0.5, 0.6) is 5.75 Å². The second-order valence-corrected chi connectivity index (χ2v) is 8.23. The van der Waals surface area contributed by atoms with Crippen LogP contribution in [-0.4, -0.2) is 23.4 Å². The molecule has 1 aromatic heterocycles. The third kappa shape index (κ3) is 4.72. The van der Waals surface area contributed by atoms with Gasteiger partial charge < -0.3 is 10.1 Å². The molecule has 0 atom stereocenters.